The van der Waals surface area contributed by atoms with E-state index in [1.54, 1.807) is 11.3 Å². The van der Waals surface area contributed by atoms with Gasteiger partial charge in [-0.3, -0.25) is 4.79 Å². The van der Waals surface area contributed by atoms with Crippen LogP contribution in [0.3, 0.4) is 0 Å². The van der Waals surface area contributed by atoms with Crippen LogP contribution >= 0.6 is 23.1 Å². The predicted molar refractivity (Wildman–Crippen MR) is 63.3 cm³/mol. The molecule has 0 aromatic carbocycles. The molecule has 1 rings (SSSR count). The summed E-state index contributed by atoms with van der Waals surface area (Å²) in [5.74, 6) is 0.209. The van der Waals surface area contributed by atoms with E-state index in [9.17, 15) is 4.79 Å². The minimum Gasteiger partial charge on any atom is -0.480 e. The summed E-state index contributed by atoms with van der Waals surface area (Å²) in [5, 5.41) is 11.7. The number of hydrogen-bond donors (Lipinski definition) is 2. The van der Waals surface area contributed by atoms with Crippen LogP contribution in [0.5, 0.6) is 0 Å². The first-order valence-electron chi connectivity index (χ1n) is 4.63. The maximum absolute atomic E-state index is 10.4. The largest absolute Gasteiger partial charge is 0.480 e. The van der Waals surface area contributed by atoms with Crippen molar-refractivity contribution in [3.63, 3.8) is 0 Å². The van der Waals surface area contributed by atoms with Crippen molar-refractivity contribution in [1.29, 1.82) is 0 Å². The van der Waals surface area contributed by atoms with Crippen molar-refractivity contribution in [3.8, 4) is 0 Å². The summed E-state index contributed by atoms with van der Waals surface area (Å²) >= 11 is 3.15. The number of nitrogens with zero attached hydrogens (tertiary/aromatic N) is 1. The lowest BCUT2D eigenvalue weighted by atomic mass is 10.4. The zero-order valence-electron chi connectivity index (χ0n) is 8.47. The Hall–Kier alpha value is -0.590. The van der Waals surface area contributed by atoms with Gasteiger partial charge in [-0.1, -0.05) is 6.92 Å². The summed E-state index contributed by atoms with van der Waals surface area (Å²) in [4.78, 5) is 14.8. The summed E-state index contributed by atoms with van der Waals surface area (Å²) in [6, 6.07) is -0.778. The molecule has 1 atom stereocenters. The summed E-state index contributed by atoms with van der Waals surface area (Å²) in [6.07, 6.45) is 0.948. The number of aliphatic carboxylic acids is 1. The van der Waals surface area contributed by atoms with Crippen molar-refractivity contribution in [1.82, 2.24) is 4.98 Å². The minimum absolute atomic E-state index is 0.425. The minimum atomic E-state index is -0.949. The Kier molecular flexibility index (Phi) is 5.07. The molecule has 0 bridgehead atoms. The quantitative estimate of drug-likeness (QED) is 0.792. The Morgan fingerprint density at radius 3 is 3.07 bits per heavy atom. The van der Waals surface area contributed by atoms with E-state index in [4.69, 9.17) is 10.8 Å². The molecule has 0 fully saturated rings. The number of aryl methyl sites for hydroxylation is 1. The molecule has 1 aromatic rings. The van der Waals surface area contributed by atoms with E-state index >= 15 is 0 Å². The second-order valence-electron chi connectivity index (χ2n) is 3.05. The van der Waals surface area contributed by atoms with Gasteiger partial charge in [0.25, 0.3) is 0 Å². The van der Waals surface area contributed by atoms with Crippen molar-refractivity contribution >= 4 is 29.1 Å². The third-order valence-corrected chi connectivity index (χ3v) is 3.90. The van der Waals surface area contributed by atoms with Crippen LogP contribution in [-0.4, -0.2) is 27.9 Å². The molecule has 1 heterocycles. The van der Waals surface area contributed by atoms with Crippen LogP contribution in [0.2, 0.25) is 0 Å². The highest BCUT2D eigenvalue weighted by Gasteiger charge is 2.11. The lowest BCUT2D eigenvalue weighted by molar-refractivity contribution is -0.137. The first kappa shape index (κ1) is 12.5. The highest BCUT2D eigenvalue weighted by atomic mass is 32.2. The van der Waals surface area contributed by atoms with E-state index in [1.165, 1.54) is 11.8 Å². The molecular weight excluding hydrogens is 232 g/mol. The smallest absolute Gasteiger partial charge is 0.321 e. The molecule has 1 aromatic heterocycles. The Labute approximate surface area is 96.9 Å². The predicted octanol–water partition coefficient (Wildman–Crippen LogP) is 1.35. The first-order chi connectivity index (χ1) is 7.13. The maximum atomic E-state index is 10.4. The molecule has 6 heteroatoms. The Morgan fingerprint density at radius 1 is 1.80 bits per heavy atom. The number of rotatable bonds is 6. The second kappa shape index (κ2) is 6.09. The summed E-state index contributed by atoms with van der Waals surface area (Å²) < 4.78 is 0. The molecule has 4 nitrogen and oxygen atoms in total. The van der Waals surface area contributed by atoms with Crippen LogP contribution in [0.25, 0.3) is 0 Å². The molecule has 3 N–H and O–H groups in total. The van der Waals surface area contributed by atoms with E-state index in [-0.39, 0.29) is 0 Å². The van der Waals surface area contributed by atoms with Gasteiger partial charge in [0, 0.05) is 16.9 Å². The van der Waals surface area contributed by atoms with Gasteiger partial charge < -0.3 is 10.8 Å². The Morgan fingerprint density at radius 2 is 2.53 bits per heavy atom. The van der Waals surface area contributed by atoms with Crippen LogP contribution in [0.1, 0.15) is 17.6 Å². The fourth-order valence-corrected chi connectivity index (χ4v) is 2.66. The standard InChI is InChI=1S/C9H14N2O2S2/c1-2-8-11-6(4-15-8)3-14-5-7(10)9(12)13/h4,7H,2-3,5,10H2,1H3,(H,12,13)/t7-/m0/s1. The Bertz CT molecular complexity index is 328. The maximum Gasteiger partial charge on any atom is 0.321 e. The molecule has 84 valence electrons. The molecular formula is C9H14N2O2S2. The molecule has 0 spiro atoms. The van der Waals surface area contributed by atoms with Gasteiger partial charge in [0.2, 0.25) is 0 Å². The van der Waals surface area contributed by atoms with Gasteiger partial charge in [-0.2, -0.15) is 11.8 Å². The van der Waals surface area contributed by atoms with Crippen molar-refractivity contribution < 1.29 is 9.90 Å². The number of aromatic nitrogens is 1. The molecule has 0 unspecified atom stereocenters. The average molecular weight is 246 g/mol. The number of carboxylic acid groups (broad SMARTS) is 1. The van der Waals surface area contributed by atoms with E-state index < -0.39 is 12.0 Å². The van der Waals surface area contributed by atoms with Crippen LogP contribution in [0.4, 0.5) is 0 Å². The van der Waals surface area contributed by atoms with Gasteiger partial charge in [-0.25, -0.2) is 4.98 Å². The molecule has 0 aliphatic heterocycles. The number of nitrogens with two attached hydrogens (primary N) is 1. The van der Waals surface area contributed by atoms with Crippen molar-refractivity contribution in [2.75, 3.05) is 5.75 Å². The summed E-state index contributed by atoms with van der Waals surface area (Å²) in [6.45, 7) is 2.07. The van der Waals surface area contributed by atoms with Crippen LogP contribution in [0, 0.1) is 0 Å². The molecule has 0 aliphatic carbocycles. The lowest BCUT2D eigenvalue weighted by Gasteiger charge is -2.03. The van der Waals surface area contributed by atoms with E-state index in [0.29, 0.717) is 5.75 Å². The van der Waals surface area contributed by atoms with Gasteiger partial charge >= 0.3 is 5.97 Å². The monoisotopic (exact) mass is 246 g/mol. The zero-order valence-corrected chi connectivity index (χ0v) is 10.1. The van der Waals surface area contributed by atoms with E-state index in [2.05, 4.69) is 11.9 Å². The SMILES string of the molecule is CCc1nc(CSC[C@H](N)C(=O)O)cs1. The number of carboxylic acids is 1. The van der Waals surface area contributed by atoms with Gasteiger partial charge in [0.15, 0.2) is 0 Å². The van der Waals surface area contributed by atoms with E-state index in [0.717, 1.165) is 22.9 Å². The number of hydrogen-bond acceptors (Lipinski definition) is 5. The molecule has 0 saturated carbocycles. The zero-order chi connectivity index (χ0) is 11.3. The van der Waals surface area contributed by atoms with Gasteiger partial charge in [-0.15, -0.1) is 11.3 Å². The third-order valence-electron chi connectivity index (χ3n) is 1.77. The molecule has 0 aliphatic rings. The van der Waals surface area contributed by atoms with Gasteiger partial charge in [0.1, 0.15) is 6.04 Å². The fourth-order valence-electron chi connectivity index (χ4n) is 0.939. The van der Waals surface area contributed by atoms with Crippen LogP contribution < -0.4 is 5.73 Å². The van der Waals surface area contributed by atoms with Gasteiger partial charge in [-0.05, 0) is 6.42 Å². The highest BCUT2D eigenvalue weighted by Crippen LogP contribution is 2.16. The Balaban J connectivity index is 2.28. The average Bonchev–Trinajstić information content (AvgIpc) is 2.65. The molecule has 15 heavy (non-hydrogen) atoms. The van der Waals surface area contributed by atoms with Crippen molar-refractivity contribution in [3.05, 3.63) is 16.1 Å². The third kappa shape index (κ3) is 4.19. The van der Waals surface area contributed by atoms with Crippen LogP contribution in [0.15, 0.2) is 5.38 Å². The highest BCUT2D eigenvalue weighted by molar-refractivity contribution is 7.98. The topological polar surface area (TPSA) is 76.2 Å². The first-order valence-corrected chi connectivity index (χ1v) is 6.66. The number of thioether (sulfide) groups is 1. The van der Waals surface area contributed by atoms with Crippen molar-refractivity contribution in [2.24, 2.45) is 5.73 Å². The number of carbonyl (C=O) groups is 1. The fraction of sp³-hybridized carbons (Fsp3) is 0.556. The van der Waals surface area contributed by atoms with E-state index in [1.807, 2.05) is 5.38 Å². The number of thiazole rings is 1. The van der Waals surface area contributed by atoms with Gasteiger partial charge in [0.05, 0.1) is 10.7 Å². The second-order valence-corrected chi connectivity index (χ2v) is 5.02. The molecule has 0 radical (unpaired) electrons. The van der Waals surface area contributed by atoms with Crippen molar-refractivity contribution in [2.45, 2.75) is 25.1 Å². The lowest BCUT2D eigenvalue weighted by Crippen LogP contribution is -2.32. The molecule has 0 amide bonds. The van der Waals surface area contributed by atoms with Crippen LogP contribution in [-0.2, 0) is 17.0 Å². The summed E-state index contributed by atoms with van der Waals surface area (Å²) in [5.41, 5.74) is 6.39. The normalized spacial score (nSPS) is 12.7. The summed E-state index contributed by atoms with van der Waals surface area (Å²) in [7, 11) is 0. The molecule has 0 saturated heterocycles.